The van der Waals surface area contributed by atoms with Crippen LogP contribution in [-0.2, 0) is 18.7 Å². The van der Waals surface area contributed by atoms with Gasteiger partial charge in [0.1, 0.15) is 6.61 Å². The summed E-state index contributed by atoms with van der Waals surface area (Å²) in [6, 6.07) is 0. The molecule has 0 aromatic rings. The predicted molar refractivity (Wildman–Crippen MR) is 110 cm³/mol. The van der Waals surface area contributed by atoms with E-state index in [2.05, 4.69) is 65.1 Å². The molecule has 0 spiro atoms. The van der Waals surface area contributed by atoms with E-state index in [-0.39, 0.29) is 0 Å². The van der Waals surface area contributed by atoms with E-state index in [1.54, 1.807) is 0 Å². The van der Waals surface area contributed by atoms with Crippen molar-refractivity contribution in [3.63, 3.8) is 0 Å². The predicted octanol–water partition coefficient (Wildman–Crippen LogP) is 7.38. The van der Waals surface area contributed by atoms with Crippen LogP contribution in [0.15, 0.2) is 48.6 Å². The van der Waals surface area contributed by atoms with Crippen LogP contribution in [-0.4, -0.2) is 13.7 Å². The molecule has 0 aliphatic rings. The van der Waals surface area contributed by atoms with Gasteiger partial charge < -0.3 is 0 Å². The van der Waals surface area contributed by atoms with Crippen LogP contribution < -0.4 is 0 Å². The highest BCUT2D eigenvalue weighted by molar-refractivity contribution is 7.33. The first-order valence-electron chi connectivity index (χ1n) is 9.72. The van der Waals surface area contributed by atoms with Gasteiger partial charge in [-0.15, -0.1) is 4.52 Å². The molecule has 0 heterocycles. The van der Waals surface area contributed by atoms with Gasteiger partial charge in [0, 0.05) is 4.57 Å². The Labute approximate surface area is 160 Å². The fraction of sp³-hybridized carbons (Fsp3) is 0.619. The summed E-state index contributed by atoms with van der Waals surface area (Å²) in [4.78, 5) is 4.26. The first kappa shape index (κ1) is 24.9. The zero-order valence-electron chi connectivity index (χ0n) is 16.5. The van der Waals surface area contributed by atoms with Crippen molar-refractivity contribution in [3.05, 3.63) is 48.6 Å². The van der Waals surface area contributed by atoms with Crippen LogP contribution in [0.3, 0.4) is 0 Å². The SMILES string of the molecule is CCCCC/C=C\C/C=C\C/C=C\C/C=C\CCCCO[P+](=O)OOC. The molecule has 4 nitrogen and oxygen atoms in total. The van der Waals surface area contributed by atoms with E-state index >= 15 is 0 Å². The van der Waals surface area contributed by atoms with Crippen molar-refractivity contribution in [2.24, 2.45) is 0 Å². The molecule has 148 valence electrons. The normalized spacial score (nSPS) is 13.1. The molecule has 0 radical (unpaired) electrons. The quantitative estimate of drug-likeness (QED) is 0.0814. The summed E-state index contributed by atoms with van der Waals surface area (Å²) < 4.78 is 20.2. The van der Waals surface area contributed by atoms with Gasteiger partial charge in [0.05, 0.1) is 11.8 Å². The lowest BCUT2D eigenvalue weighted by Crippen LogP contribution is -1.88. The molecule has 0 aromatic carbocycles. The topological polar surface area (TPSA) is 44.8 Å². The average molecular weight is 383 g/mol. The largest absolute Gasteiger partial charge is 0.728 e. The van der Waals surface area contributed by atoms with Gasteiger partial charge in [-0.1, -0.05) is 68.4 Å². The summed E-state index contributed by atoms with van der Waals surface area (Å²) in [7, 11) is -0.829. The zero-order chi connectivity index (χ0) is 19.1. The molecule has 0 aromatic heterocycles. The molecule has 26 heavy (non-hydrogen) atoms. The Hall–Kier alpha value is -1.06. The first-order valence-corrected chi connectivity index (χ1v) is 10.8. The molecule has 0 N–H and O–H groups in total. The molecule has 0 saturated heterocycles. The highest BCUT2D eigenvalue weighted by Gasteiger charge is 2.20. The Balaban J connectivity index is 3.40. The fourth-order valence-electron chi connectivity index (χ4n) is 2.15. The summed E-state index contributed by atoms with van der Waals surface area (Å²) in [5.41, 5.74) is 0. The summed E-state index contributed by atoms with van der Waals surface area (Å²) in [6.07, 6.45) is 28.7. The summed E-state index contributed by atoms with van der Waals surface area (Å²) in [5, 5.41) is 0. The minimum absolute atomic E-state index is 0.423. The zero-order valence-corrected chi connectivity index (χ0v) is 17.4. The molecule has 0 saturated carbocycles. The second kappa shape index (κ2) is 22.0. The van der Waals surface area contributed by atoms with Crippen LogP contribution >= 0.6 is 8.25 Å². The number of allylic oxidation sites excluding steroid dienone is 8. The number of unbranched alkanes of at least 4 members (excludes halogenated alkanes) is 5. The van der Waals surface area contributed by atoms with Crippen molar-refractivity contribution in [1.29, 1.82) is 0 Å². The van der Waals surface area contributed by atoms with Gasteiger partial charge in [-0.25, -0.2) is 0 Å². The number of hydrogen-bond acceptors (Lipinski definition) is 4. The number of hydrogen-bond donors (Lipinski definition) is 0. The Morgan fingerprint density at radius 3 is 1.73 bits per heavy atom. The van der Waals surface area contributed by atoms with Crippen molar-refractivity contribution in [2.75, 3.05) is 13.7 Å². The molecule has 0 amide bonds. The van der Waals surface area contributed by atoms with Crippen molar-refractivity contribution < 1.29 is 18.7 Å². The van der Waals surface area contributed by atoms with E-state index in [1.165, 1.54) is 32.8 Å². The van der Waals surface area contributed by atoms with E-state index in [0.29, 0.717) is 6.61 Å². The summed E-state index contributed by atoms with van der Waals surface area (Å²) >= 11 is 0. The van der Waals surface area contributed by atoms with Crippen molar-refractivity contribution in [1.82, 2.24) is 0 Å². The Kier molecular flexibility index (Phi) is 21.1. The standard InChI is InChI=1S/C21H36O4P/c1-3-4-5-6-7-8-9-10-11-12-13-14-15-16-17-18-19-20-21-24-26(22)25-23-2/h7-8,10-11,13-14,16-17H,3-6,9,12,15,18-21H2,1-2H3/q+1/b8-7-,11-10-,14-13-,17-16-. The maximum absolute atomic E-state index is 11.0. The van der Waals surface area contributed by atoms with Crippen LogP contribution in [0.5, 0.6) is 0 Å². The Morgan fingerprint density at radius 1 is 0.731 bits per heavy atom. The lowest BCUT2D eigenvalue weighted by molar-refractivity contribution is -0.181. The maximum Gasteiger partial charge on any atom is 0.728 e. The van der Waals surface area contributed by atoms with Crippen molar-refractivity contribution in [3.8, 4) is 0 Å². The molecule has 1 atom stereocenters. The molecule has 0 rings (SSSR count). The van der Waals surface area contributed by atoms with Crippen molar-refractivity contribution >= 4 is 8.25 Å². The third-order valence-electron chi connectivity index (χ3n) is 3.55. The lowest BCUT2D eigenvalue weighted by atomic mass is 10.2. The van der Waals surface area contributed by atoms with Gasteiger partial charge >= 0.3 is 8.25 Å². The lowest BCUT2D eigenvalue weighted by Gasteiger charge is -1.92. The van der Waals surface area contributed by atoms with Gasteiger partial charge in [-0.3, -0.25) is 0 Å². The van der Waals surface area contributed by atoms with E-state index < -0.39 is 8.25 Å². The minimum Gasteiger partial charge on any atom is -0.191 e. The van der Waals surface area contributed by atoms with Gasteiger partial charge in [0.2, 0.25) is 0 Å². The highest BCUT2D eigenvalue weighted by atomic mass is 31.1. The highest BCUT2D eigenvalue weighted by Crippen LogP contribution is 2.23. The summed E-state index contributed by atoms with van der Waals surface area (Å²) in [5.74, 6) is 0. The van der Waals surface area contributed by atoms with E-state index in [4.69, 9.17) is 4.52 Å². The monoisotopic (exact) mass is 383 g/mol. The van der Waals surface area contributed by atoms with Gasteiger partial charge in [-0.2, -0.15) is 4.89 Å². The van der Waals surface area contributed by atoms with Gasteiger partial charge in [0.15, 0.2) is 0 Å². The molecule has 0 aliphatic carbocycles. The summed E-state index contributed by atoms with van der Waals surface area (Å²) in [6.45, 7) is 2.66. The molecule has 0 aliphatic heterocycles. The van der Waals surface area contributed by atoms with Crippen molar-refractivity contribution in [2.45, 2.75) is 71.1 Å². The van der Waals surface area contributed by atoms with Gasteiger partial charge in [-0.05, 0) is 51.4 Å². The fourth-order valence-corrected chi connectivity index (χ4v) is 2.59. The van der Waals surface area contributed by atoms with Crippen LogP contribution in [0, 0.1) is 0 Å². The van der Waals surface area contributed by atoms with Crippen LogP contribution in [0.4, 0.5) is 0 Å². The van der Waals surface area contributed by atoms with E-state index in [9.17, 15) is 4.57 Å². The second-order valence-electron chi connectivity index (χ2n) is 5.88. The number of rotatable bonds is 18. The maximum atomic E-state index is 11.0. The van der Waals surface area contributed by atoms with E-state index in [0.717, 1.165) is 38.5 Å². The minimum atomic E-state index is -2.13. The van der Waals surface area contributed by atoms with E-state index in [1.807, 2.05) is 0 Å². The van der Waals surface area contributed by atoms with Crippen LogP contribution in [0.2, 0.25) is 0 Å². The Bertz CT molecular complexity index is 428. The molecular weight excluding hydrogens is 347 g/mol. The van der Waals surface area contributed by atoms with Crippen LogP contribution in [0.1, 0.15) is 71.1 Å². The second-order valence-corrected chi connectivity index (χ2v) is 6.74. The van der Waals surface area contributed by atoms with Crippen LogP contribution in [0.25, 0.3) is 0 Å². The third kappa shape index (κ3) is 21.0. The third-order valence-corrected chi connectivity index (χ3v) is 4.22. The van der Waals surface area contributed by atoms with Gasteiger partial charge in [0.25, 0.3) is 0 Å². The molecule has 0 fully saturated rings. The first-order chi connectivity index (χ1) is 12.8. The average Bonchev–Trinajstić information content (AvgIpc) is 2.64. The molecular formula is C21H36O4P+. The Morgan fingerprint density at radius 2 is 1.23 bits per heavy atom. The smallest absolute Gasteiger partial charge is 0.191 e. The molecule has 1 unspecified atom stereocenters. The molecule has 5 heteroatoms. The molecule has 0 bridgehead atoms.